The molecule has 1 aliphatic carbocycles. The molecule has 0 bridgehead atoms. The second-order valence-electron chi connectivity index (χ2n) is 6.17. The molecular weight excluding hydrogens is 224 g/mol. The molecule has 0 radical (unpaired) electrons. The first-order valence-electron chi connectivity index (χ1n) is 7.68. The van der Waals surface area contributed by atoms with Crippen LogP contribution >= 0.6 is 0 Å². The van der Waals surface area contributed by atoms with Crippen molar-refractivity contribution < 1.29 is 4.79 Å². The van der Waals surface area contributed by atoms with E-state index in [1.54, 1.807) is 0 Å². The summed E-state index contributed by atoms with van der Waals surface area (Å²) in [6, 6.07) is 0.0380. The number of carbonyl (C=O) groups excluding carboxylic acids is 1. The van der Waals surface area contributed by atoms with Gasteiger partial charge >= 0.3 is 0 Å². The van der Waals surface area contributed by atoms with Crippen molar-refractivity contribution in [2.75, 3.05) is 20.1 Å². The highest BCUT2D eigenvalue weighted by molar-refractivity contribution is 5.82. The van der Waals surface area contributed by atoms with Gasteiger partial charge in [0.2, 0.25) is 5.91 Å². The Bertz CT molecular complexity index is 274. The minimum absolute atomic E-state index is 0.0380. The molecule has 2 atom stereocenters. The van der Waals surface area contributed by atoms with Crippen LogP contribution in [0.2, 0.25) is 0 Å². The lowest BCUT2D eigenvalue weighted by Gasteiger charge is -2.31. The average molecular weight is 252 g/mol. The molecular formula is C15H28N2O. The number of carbonyl (C=O) groups is 1. The number of rotatable bonds is 3. The van der Waals surface area contributed by atoms with Crippen molar-refractivity contribution in [3.8, 4) is 0 Å². The highest BCUT2D eigenvalue weighted by Crippen LogP contribution is 2.26. The number of amides is 1. The number of hydrogen-bond donors (Lipinski definition) is 1. The summed E-state index contributed by atoms with van der Waals surface area (Å²) in [5.74, 6) is 1.57. The SMILES string of the molecule is CNC1C(=O)N(CC2CCCCC2)CCCC1C. The van der Waals surface area contributed by atoms with Crippen LogP contribution in [-0.4, -0.2) is 37.0 Å². The minimum Gasteiger partial charge on any atom is -0.341 e. The molecule has 0 aromatic rings. The molecule has 1 heterocycles. The summed E-state index contributed by atoms with van der Waals surface area (Å²) in [5.41, 5.74) is 0. The van der Waals surface area contributed by atoms with E-state index < -0.39 is 0 Å². The zero-order valence-corrected chi connectivity index (χ0v) is 12.0. The van der Waals surface area contributed by atoms with Gasteiger partial charge in [0.25, 0.3) is 0 Å². The third-order valence-corrected chi connectivity index (χ3v) is 4.75. The standard InChI is InChI=1S/C15H28N2O/c1-12-7-6-10-17(15(18)14(12)16-2)11-13-8-4-3-5-9-13/h12-14,16H,3-11H2,1-2H3. The largest absolute Gasteiger partial charge is 0.341 e. The average Bonchev–Trinajstić information content (AvgIpc) is 2.51. The third-order valence-electron chi connectivity index (χ3n) is 4.75. The molecule has 0 spiro atoms. The molecule has 0 aromatic carbocycles. The Morgan fingerprint density at radius 1 is 1.17 bits per heavy atom. The highest BCUT2D eigenvalue weighted by atomic mass is 16.2. The molecule has 1 saturated heterocycles. The highest BCUT2D eigenvalue weighted by Gasteiger charge is 2.31. The van der Waals surface area contributed by atoms with Gasteiger partial charge in [-0.05, 0) is 44.6 Å². The van der Waals surface area contributed by atoms with Crippen molar-refractivity contribution in [1.82, 2.24) is 10.2 Å². The summed E-state index contributed by atoms with van der Waals surface area (Å²) in [4.78, 5) is 14.7. The van der Waals surface area contributed by atoms with Crippen LogP contribution in [0.1, 0.15) is 51.9 Å². The number of nitrogens with one attached hydrogen (secondary N) is 1. The van der Waals surface area contributed by atoms with Gasteiger partial charge < -0.3 is 10.2 Å². The molecule has 2 fully saturated rings. The number of hydrogen-bond acceptors (Lipinski definition) is 2. The Kier molecular flexibility index (Phi) is 5.04. The summed E-state index contributed by atoms with van der Waals surface area (Å²) in [7, 11) is 1.92. The van der Waals surface area contributed by atoms with Crippen molar-refractivity contribution in [2.24, 2.45) is 11.8 Å². The summed E-state index contributed by atoms with van der Waals surface area (Å²) < 4.78 is 0. The zero-order valence-electron chi connectivity index (χ0n) is 12.0. The van der Waals surface area contributed by atoms with Gasteiger partial charge in [-0.2, -0.15) is 0 Å². The monoisotopic (exact) mass is 252 g/mol. The van der Waals surface area contributed by atoms with Crippen LogP contribution in [0, 0.1) is 11.8 Å². The summed E-state index contributed by atoms with van der Waals surface area (Å²) >= 11 is 0. The molecule has 1 aliphatic heterocycles. The Morgan fingerprint density at radius 2 is 1.89 bits per heavy atom. The fourth-order valence-electron chi connectivity index (χ4n) is 3.59. The molecule has 1 N–H and O–H groups in total. The van der Waals surface area contributed by atoms with E-state index in [1.165, 1.54) is 38.5 Å². The molecule has 104 valence electrons. The fourth-order valence-corrected chi connectivity index (χ4v) is 3.59. The number of nitrogens with zero attached hydrogens (tertiary/aromatic N) is 1. The van der Waals surface area contributed by atoms with Crippen LogP contribution in [0.25, 0.3) is 0 Å². The summed E-state index contributed by atoms with van der Waals surface area (Å²) in [6.45, 7) is 4.17. The maximum atomic E-state index is 12.5. The van der Waals surface area contributed by atoms with E-state index in [0.29, 0.717) is 11.8 Å². The van der Waals surface area contributed by atoms with E-state index in [0.717, 1.165) is 25.4 Å². The Hall–Kier alpha value is -0.570. The summed E-state index contributed by atoms with van der Waals surface area (Å²) in [6.07, 6.45) is 9.08. The smallest absolute Gasteiger partial charge is 0.239 e. The van der Waals surface area contributed by atoms with Crippen LogP contribution < -0.4 is 5.32 Å². The third kappa shape index (κ3) is 3.25. The van der Waals surface area contributed by atoms with E-state index in [9.17, 15) is 4.79 Å². The number of likely N-dealkylation sites (N-methyl/N-ethyl adjacent to an activating group) is 1. The van der Waals surface area contributed by atoms with Crippen LogP contribution in [0.5, 0.6) is 0 Å². The van der Waals surface area contributed by atoms with E-state index in [1.807, 2.05) is 7.05 Å². The van der Waals surface area contributed by atoms with Crippen molar-refractivity contribution in [3.63, 3.8) is 0 Å². The predicted molar refractivity (Wildman–Crippen MR) is 74.4 cm³/mol. The molecule has 2 aliphatic rings. The zero-order chi connectivity index (χ0) is 13.0. The van der Waals surface area contributed by atoms with Crippen molar-refractivity contribution in [1.29, 1.82) is 0 Å². The molecule has 1 saturated carbocycles. The second kappa shape index (κ2) is 6.55. The Morgan fingerprint density at radius 3 is 2.56 bits per heavy atom. The molecule has 3 nitrogen and oxygen atoms in total. The topological polar surface area (TPSA) is 32.3 Å². The van der Waals surface area contributed by atoms with Crippen molar-refractivity contribution in [2.45, 2.75) is 57.9 Å². The maximum absolute atomic E-state index is 12.5. The van der Waals surface area contributed by atoms with Crippen molar-refractivity contribution in [3.05, 3.63) is 0 Å². The van der Waals surface area contributed by atoms with Gasteiger partial charge in [0, 0.05) is 13.1 Å². The van der Waals surface area contributed by atoms with Gasteiger partial charge in [0.05, 0.1) is 6.04 Å². The van der Waals surface area contributed by atoms with Gasteiger partial charge in [0.1, 0.15) is 0 Å². The van der Waals surface area contributed by atoms with Crippen LogP contribution in [0.4, 0.5) is 0 Å². The Labute approximate surface area is 111 Å². The van der Waals surface area contributed by atoms with Gasteiger partial charge in [-0.15, -0.1) is 0 Å². The number of likely N-dealkylation sites (tertiary alicyclic amines) is 1. The van der Waals surface area contributed by atoms with E-state index in [-0.39, 0.29) is 6.04 Å². The molecule has 3 heteroatoms. The van der Waals surface area contributed by atoms with Gasteiger partial charge in [-0.3, -0.25) is 4.79 Å². The first kappa shape index (κ1) is 13.9. The normalized spacial score (nSPS) is 31.4. The van der Waals surface area contributed by atoms with Crippen LogP contribution in [0.15, 0.2) is 0 Å². The van der Waals surface area contributed by atoms with Gasteiger partial charge in [-0.25, -0.2) is 0 Å². The molecule has 2 unspecified atom stereocenters. The second-order valence-corrected chi connectivity index (χ2v) is 6.17. The van der Waals surface area contributed by atoms with Gasteiger partial charge in [0.15, 0.2) is 0 Å². The minimum atomic E-state index is 0.0380. The Balaban J connectivity index is 1.95. The quantitative estimate of drug-likeness (QED) is 0.836. The lowest BCUT2D eigenvalue weighted by atomic mass is 9.89. The van der Waals surface area contributed by atoms with E-state index in [2.05, 4.69) is 17.1 Å². The van der Waals surface area contributed by atoms with Crippen molar-refractivity contribution >= 4 is 5.91 Å². The van der Waals surface area contributed by atoms with E-state index >= 15 is 0 Å². The lowest BCUT2D eigenvalue weighted by molar-refractivity contribution is -0.134. The molecule has 2 rings (SSSR count). The molecule has 0 aromatic heterocycles. The van der Waals surface area contributed by atoms with E-state index in [4.69, 9.17) is 0 Å². The lowest BCUT2D eigenvalue weighted by Crippen LogP contribution is -2.48. The van der Waals surface area contributed by atoms with Gasteiger partial charge in [-0.1, -0.05) is 26.2 Å². The van der Waals surface area contributed by atoms with Crippen LogP contribution in [0.3, 0.4) is 0 Å². The molecule has 1 amide bonds. The summed E-state index contributed by atoms with van der Waals surface area (Å²) in [5, 5.41) is 3.22. The predicted octanol–water partition coefficient (Wildman–Crippen LogP) is 2.41. The first-order valence-corrected chi connectivity index (χ1v) is 7.68. The first-order chi connectivity index (χ1) is 8.72. The molecule has 18 heavy (non-hydrogen) atoms. The van der Waals surface area contributed by atoms with Crippen LogP contribution in [-0.2, 0) is 4.79 Å². The fraction of sp³-hybridized carbons (Fsp3) is 0.933. The maximum Gasteiger partial charge on any atom is 0.239 e.